The summed E-state index contributed by atoms with van der Waals surface area (Å²) in [4.78, 5) is 17.4. The molecule has 1 amide bonds. The Labute approximate surface area is 159 Å². The molecule has 0 aromatic carbocycles. The average molecular weight is 417 g/mol. The Kier molecular flexibility index (Phi) is 5.44. The van der Waals surface area contributed by atoms with Gasteiger partial charge in [0, 0.05) is 45.6 Å². The Morgan fingerprint density at radius 2 is 1.86 bits per heavy atom. The fourth-order valence-electron chi connectivity index (χ4n) is 2.89. The molecule has 3 rings (SSSR count). The second-order valence-corrected chi connectivity index (χ2v) is 8.27. The van der Waals surface area contributed by atoms with Gasteiger partial charge in [-0.2, -0.15) is 22.6 Å². The maximum absolute atomic E-state index is 12.7. The Morgan fingerprint density at radius 1 is 1.11 bits per heavy atom. The van der Waals surface area contributed by atoms with Gasteiger partial charge in [0.25, 0.3) is 5.91 Å². The van der Waals surface area contributed by atoms with E-state index < -0.39 is 27.8 Å². The second kappa shape index (κ2) is 7.51. The van der Waals surface area contributed by atoms with Gasteiger partial charge in [0.1, 0.15) is 10.6 Å². The molecule has 0 aliphatic carbocycles. The van der Waals surface area contributed by atoms with E-state index in [4.69, 9.17) is 0 Å². The van der Waals surface area contributed by atoms with E-state index in [0.717, 1.165) is 18.3 Å². The topological polar surface area (TPSA) is 88.4 Å². The number of amides is 1. The summed E-state index contributed by atoms with van der Waals surface area (Å²) in [5, 5.41) is 3.87. The highest BCUT2D eigenvalue weighted by Crippen LogP contribution is 2.27. The number of carbonyl (C=O) groups excluding carboxylic acids is 1. The number of sulfonamides is 1. The van der Waals surface area contributed by atoms with Gasteiger partial charge in [-0.15, -0.1) is 0 Å². The SMILES string of the molecule is Cn1cc(S(=O)(=O)N2CCCN(C(=O)c3ccc(C(F)(F)F)nc3)CC2)cn1. The van der Waals surface area contributed by atoms with Crippen LogP contribution >= 0.6 is 0 Å². The van der Waals surface area contributed by atoms with Crippen molar-refractivity contribution in [3.05, 3.63) is 42.0 Å². The van der Waals surface area contributed by atoms with Gasteiger partial charge in [-0.1, -0.05) is 0 Å². The number of halogens is 3. The number of carbonyl (C=O) groups is 1. The molecule has 1 fully saturated rings. The molecular weight excluding hydrogens is 399 g/mol. The fourth-order valence-corrected chi connectivity index (χ4v) is 4.34. The first-order valence-electron chi connectivity index (χ1n) is 8.40. The van der Waals surface area contributed by atoms with E-state index in [1.54, 1.807) is 7.05 Å². The van der Waals surface area contributed by atoms with Gasteiger partial charge >= 0.3 is 6.18 Å². The third-order valence-corrected chi connectivity index (χ3v) is 6.21. The molecule has 28 heavy (non-hydrogen) atoms. The van der Waals surface area contributed by atoms with E-state index in [-0.39, 0.29) is 30.1 Å². The molecule has 0 saturated carbocycles. The van der Waals surface area contributed by atoms with Crippen molar-refractivity contribution in [3.63, 3.8) is 0 Å². The first kappa shape index (κ1) is 20.3. The van der Waals surface area contributed by atoms with E-state index in [0.29, 0.717) is 13.0 Å². The molecule has 1 saturated heterocycles. The molecule has 0 N–H and O–H groups in total. The predicted octanol–water partition coefficient (Wildman–Crippen LogP) is 1.37. The lowest BCUT2D eigenvalue weighted by atomic mass is 10.2. The lowest BCUT2D eigenvalue weighted by molar-refractivity contribution is -0.141. The summed E-state index contributed by atoms with van der Waals surface area (Å²) in [6, 6.07) is 1.83. The quantitative estimate of drug-likeness (QED) is 0.753. The number of aromatic nitrogens is 3. The number of nitrogens with zero attached hydrogens (tertiary/aromatic N) is 5. The summed E-state index contributed by atoms with van der Waals surface area (Å²) in [6.07, 6.45) is -0.626. The molecule has 1 aliphatic rings. The van der Waals surface area contributed by atoms with Gasteiger partial charge in [0.15, 0.2) is 0 Å². The molecule has 152 valence electrons. The maximum atomic E-state index is 12.7. The van der Waals surface area contributed by atoms with Crippen LogP contribution in [0.2, 0.25) is 0 Å². The second-order valence-electron chi connectivity index (χ2n) is 6.33. The van der Waals surface area contributed by atoms with Gasteiger partial charge in [-0.25, -0.2) is 8.42 Å². The van der Waals surface area contributed by atoms with E-state index >= 15 is 0 Å². The number of hydrogen-bond donors (Lipinski definition) is 0. The zero-order valence-electron chi connectivity index (χ0n) is 14.9. The molecule has 0 bridgehead atoms. The third-order valence-electron chi connectivity index (χ3n) is 4.36. The highest BCUT2D eigenvalue weighted by atomic mass is 32.2. The molecular formula is C16H18F3N5O3S. The molecule has 2 aromatic heterocycles. The summed E-state index contributed by atoms with van der Waals surface area (Å²) >= 11 is 0. The van der Waals surface area contributed by atoms with E-state index in [9.17, 15) is 26.4 Å². The van der Waals surface area contributed by atoms with Crippen LogP contribution in [0.5, 0.6) is 0 Å². The summed E-state index contributed by atoms with van der Waals surface area (Å²) < 4.78 is 65.8. The Balaban J connectivity index is 1.70. The van der Waals surface area contributed by atoms with Crippen LogP contribution in [-0.2, 0) is 23.2 Å². The van der Waals surface area contributed by atoms with Crippen molar-refractivity contribution in [1.82, 2.24) is 24.0 Å². The van der Waals surface area contributed by atoms with Crippen LogP contribution in [0.4, 0.5) is 13.2 Å². The largest absolute Gasteiger partial charge is 0.433 e. The molecule has 0 spiro atoms. The molecule has 1 aliphatic heterocycles. The van der Waals surface area contributed by atoms with Crippen LogP contribution in [-0.4, -0.2) is 64.5 Å². The molecule has 0 radical (unpaired) electrons. The molecule has 2 aromatic rings. The van der Waals surface area contributed by atoms with Crippen LogP contribution in [0.3, 0.4) is 0 Å². The van der Waals surface area contributed by atoms with Crippen LogP contribution in [0.1, 0.15) is 22.5 Å². The predicted molar refractivity (Wildman–Crippen MR) is 91.7 cm³/mol. The molecule has 0 atom stereocenters. The van der Waals surface area contributed by atoms with Gasteiger partial charge in [0.2, 0.25) is 10.0 Å². The number of rotatable bonds is 3. The van der Waals surface area contributed by atoms with Crippen molar-refractivity contribution in [2.75, 3.05) is 26.2 Å². The first-order valence-corrected chi connectivity index (χ1v) is 9.84. The number of aryl methyl sites for hydroxylation is 1. The molecule has 12 heteroatoms. The Morgan fingerprint density at radius 3 is 2.43 bits per heavy atom. The standard InChI is InChI=1S/C16H18F3N5O3S/c1-22-11-13(10-21-22)28(26,27)24-6-2-5-23(7-8-24)15(25)12-3-4-14(20-9-12)16(17,18)19/h3-4,9-11H,2,5-8H2,1H3. The monoisotopic (exact) mass is 417 g/mol. The van der Waals surface area contributed by atoms with Crippen LogP contribution < -0.4 is 0 Å². The third kappa shape index (κ3) is 4.17. The lowest BCUT2D eigenvalue weighted by Gasteiger charge is -2.21. The van der Waals surface area contributed by atoms with Crippen molar-refractivity contribution in [2.24, 2.45) is 7.05 Å². The smallest absolute Gasteiger partial charge is 0.337 e. The molecule has 0 unspecified atom stereocenters. The normalized spacial score (nSPS) is 16.8. The first-order chi connectivity index (χ1) is 13.1. The molecule has 8 nitrogen and oxygen atoms in total. The van der Waals surface area contributed by atoms with Gasteiger partial charge in [-0.3, -0.25) is 14.5 Å². The minimum atomic E-state index is -4.58. The lowest BCUT2D eigenvalue weighted by Crippen LogP contribution is -2.37. The maximum Gasteiger partial charge on any atom is 0.433 e. The minimum absolute atomic E-state index is 0.0246. The van der Waals surface area contributed by atoms with Crippen LogP contribution in [0, 0.1) is 0 Å². The zero-order valence-corrected chi connectivity index (χ0v) is 15.7. The van der Waals surface area contributed by atoms with Crippen LogP contribution in [0.25, 0.3) is 0 Å². The summed E-state index contributed by atoms with van der Waals surface area (Å²) in [6.45, 7) is 0.724. The highest BCUT2D eigenvalue weighted by molar-refractivity contribution is 7.89. The fraction of sp³-hybridized carbons (Fsp3) is 0.438. The van der Waals surface area contributed by atoms with Gasteiger partial charge in [-0.05, 0) is 18.6 Å². The number of alkyl halides is 3. The van der Waals surface area contributed by atoms with Crippen molar-refractivity contribution < 1.29 is 26.4 Å². The van der Waals surface area contributed by atoms with Crippen molar-refractivity contribution >= 4 is 15.9 Å². The Bertz CT molecular complexity index is 957. The van der Waals surface area contributed by atoms with Crippen molar-refractivity contribution in [2.45, 2.75) is 17.5 Å². The zero-order chi connectivity index (χ0) is 20.5. The van der Waals surface area contributed by atoms with Gasteiger partial charge < -0.3 is 4.90 Å². The minimum Gasteiger partial charge on any atom is -0.337 e. The van der Waals surface area contributed by atoms with E-state index in [2.05, 4.69) is 10.1 Å². The summed E-state index contributed by atoms with van der Waals surface area (Å²) in [5.41, 5.74) is -1.05. The van der Waals surface area contributed by atoms with E-state index in [1.807, 2.05) is 0 Å². The summed E-state index contributed by atoms with van der Waals surface area (Å²) in [5.74, 6) is -0.484. The van der Waals surface area contributed by atoms with E-state index in [1.165, 1.54) is 26.3 Å². The molecule has 3 heterocycles. The average Bonchev–Trinajstić information content (AvgIpc) is 2.93. The highest BCUT2D eigenvalue weighted by Gasteiger charge is 2.33. The van der Waals surface area contributed by atoms with Crippen molar-refractivity contribution in [3.8, 4) is 0 Å². The Hall–Kier alpha value is -2.47. The van der Waals surface area contributed by atoms with Gasteiger partial charge in [0.05, 0.1) is 11.8 Å². The number of hydrogen-bond acceptors (Lipinski definition) is 5. The van der Waals surface area contributed by atoms with Crippen LogP contribution in [0.15, 0.2) is 35.6 Å². The van der Waals surface area contributed by atoms with Crippen molar-refractivity contribution in [1.29, 1.82) is 0 Å². The number of pyridine rings is 1. The summed E-state index contributed by atoms with van der Waals surface area (Å²) in [7, 11) is -2.11.